The molecule has 2 amide bonds. The van der Waals surface area contributed by atoms with Crippen LogP contribution in [0.15, 0.2) is 0 Å². The van der Waals surface area contributed by atoms with Gasteiger partial charge in [0.1, 0.15) is 5.41 Å². The fourth-order valence-electron chi connectivity index (χ4n) is 1.98. The van der Waals surface area contributed by atoms with Crippen molar-refractivity contribution in [2.24, 2.45) is 11.3 Å². The lowest BCUT2D eigenvalue weighted by atomic mass is 9.85. The number of amides is 2. The van der Waals surface area contributed by atoms with Gasteiger partial charge in [0.05, 0.1) is 19.3 Å². The molecule has 2 aliphatic rings. The molecule has 6 nitrogen and oxygen atoms in total. The van der Waals surface area contributed by atoms with E-state index in [1.54, 1.807) is 6.92 Å². The Morgan fingerprint density at radius 3 is 2.59 bits per heavy atom. The number of aliphatic carboxylic acids is 1. The molecule has 0 aromatic carbocycles. The number of carboxylic acid groups (broad SMARTS) is 1. The number of carbonyl (C=O) groups is 2. The standard InChI is InChI=1S/C11H18N2O4/c1-6-3-7(6)12-10(16)13-8-4-17-5-11(8,2)9(14)15/h6-8H,3-5H2,1-2H3,(H,14,15)(H2,12,13,16). The van der Waals surface area contributed by atoms with E-state index in [4.69, 9.17) is 9.84 Å². The highest BCUT2D eigenvalue weighted by atomic mass is 16.5. The average Bonchev–Trinajstić information content (AvgIpc) is 2.77. The smallest absolute Gasteiger partial charge is 0.315 e. The molecule has 4 unspecified atom stereocenters. The molecule has 0 radical (unpaired) electrons. The number of rotatable bonds is 3. The molecule has 2 fully saturated rings. The Kier molecular flexibility index (Phi) is 2.99. The second-order valence-electron chi connectivity index (χ2n) is 5.23. The summed E-state index contributed by atoms with van der Waals surface area (Å²) in [6, 6.07) is -0.551. The third-order valence-corrected chi connectivity index (χ3v) is 3.68. The summed E-state index contributed by atoms with van der Waals surface area (Å²) in [6.07, 6.45) is 0.991. The van der Waals surface area contributed by atoms with Gasteiger partial charge in [0.2, 0.25) is 0 Å². The minimum absolute atomic E-state index is 0.132. The molecule has 0 aromatic heterocycles. The van der Waals surface area contributed by atoms with E-state index >= 15 is 0 Å². The first-order valence-electron chi connectivity index (χ1n) is 5.81. The molecular weight excluding hydrogens is 224 g/mol. The van der Waals surface area contributed by atoms with Gasteiger partial charge < -0.3 is 20.5 Å². The largest absolute Gasteiger partial charge is 0.481 e. The first kappa shape index (κ1) is 12.2. The van der Waals surface area contributed by atoms with Gasteiger partial charge in [-0.3, -0.25) is 4.79 Å². The Morgan fingerprint density at radius 1 is 1.41 bits per heavy atom. The summed E-state index contributed by atoms with van der Waals surface area (Å²) < 4.78 is 5.15. The molecule has 0 spiro atoms. The molecule has 1 aliphatic carbocycles. The topological polar surface area (TPSA) is 87.7 Å². The number of carbonyl (C=O) groups excluding carboxylic acids is 1. The van der Waals surface area contributed by atoms with Crippen molar-refractivity contribution in [2.75, 3.05) is 13.2 Å². The zero-order chi connectivity index (χ0) is 12.6. The molecule has 4 atom stereocenters. The van der Waals surface area contributed by atoms with Crippen LogP contribution in [0.4, 0.5) is 4.79 Å². The van der Waals surface area contributed by atoms with Crippen molar-refractivity contribution in [3.63, 3.8) is 0 Å². The SMILES string of the molecule is CC1CC1NC(=O)NC1COCC1(C)C(=O)O. The number of hydrogen-bond donors (Lipinski definition) is 3. The van der Waals surface area contributed by atoms with Crippen molar-refractivity contribution in [1.82, 2.24) is 10.6 Å². The maximum atomic E-state index is 11.6. The van der Waals surface area contributed by atoms with E-state index in [0.717, 1.165) is 6.42 Å². The van der Waals surface area contributed by atoms with Crippen LogP contribution >= 0.6 is 0 Å². The predicted molar refractivity (Wildman–Crippen MR) is 59.6 cm³/mol. The van der Waals surface area contributed by atoms with Crippen molar-refractivity contribution in [3.8, 4) is 0 Å². The Morgan fingerprint density at radius 2 is 2.06 bits per heavy atom. The molecule has 96 valence electrons. The Labute approximate surface area is 99.7 Å². The van der Waals surface area contributed by atoms with E-state index in [-0.39, 0.29) is 25.3 Å². The summed E-state index contributed by atoms with van der Waals surface area (Å²) in [5, 5.41) is 14.6. The lowest BCUT2D eigenvalue weighted by Crippen LogP contribution is -2.52. The highest BCUT2D eigenvalue weighted by molar-refractivity contribution is 5.79. The predicted octanol–water partition coefficient (Wildman–Crippen LogP) is 0.184. The maximum Gasteiger partial charge on any atom is 0.315 e. The van der Waals surface area contributed by atoms with Gasteiger partial charge in [-0.1, -0.05) is 6.92 Å². The summed E-state index contributed by atoms with van der Waals surface area (Å²) in [7, 11) is 0. The zero-order valence-corrected chi connectivity index (χ0v) is 10.0. The first-order valence-corrected chi connectivity index (χ1v) is 5.81. The number of urea groups is 1. The van der Waals surface area contributed by atoms with Crippen LogP contribution in [0.1, 0.15) is 20.3 Å². The summed E-state index contributed by atoms with van der Waals surface area (Å²) in [6.45, 7) is 4.03. The minimum Gasteiger partial charge on any atom is -0.481 e. The minimum atomic E-state index is -1.04. The molecule has 17 heavy (non-hydrogen) atoms. The molecule has 1 saturated heterocycles. The second kappa shape index (κ2) is 4.18. The molecule has 6 heteroatoms. The van der Waals surface area contributed by atoms with Gasteiger partial charge in [-0.25, -0.2) is 4.79 Å². The lowest BCUT2D eigenvalue weighted by Gasteiger charge is -2.25. The Balaban J connectivity index is 1.89. The first-order chi connectivity index (χ1) is 7.93. The third-order valence-electron chi connectivity index (χ3n) is 3.68. The Bertz CT molecular complexity index is 346. The second-order valence-corrected chi connectivity index (χ2v) is 5.23. The van der Waals surface area contributed by atoms with Gasteiger partial charge in [0.15, 0.2) is 0 Å². The van der Waals surface area contributed by atoms with Gasteiger partial charge >= 0.3 is 12.0 Å². The van der Waals surface area contributed by atoms with Gasteiger partial charge in [-0.05, 0) is 19.3 Å². The summed E-state index contributed by atoms with van der Waals surface area (Å²) in [5.74, 6) is -0.425. The molecule has 1 saturated carbocycles. The summed E-state index contributed by atoms with van der Waals surface area (Å²) in [4.78, 5) is 22.8. The van der Waals surface area contributed by atoms with Crippen LogP contribution in [-0.4, -0.2) is 42.4 Å². The van der Waals surface area contributed by atoms with Gasteiger partial charge in [0, 0.05) is 6.04 Å². The highest BCUT2D eigenvalue weighted by Gasteiger charge is 2.47. The quantitative estimate of drug-likeness (QED) is 0.659. The highest BCUT2D eigenvalue weighted by Crippen LogP contribution is 2.30. The fraction of sp³-hybridized carbons (Fsp3) is 0.818. The van der Waals surface area contributed by atoms with Gasteiger partial charge in [-0.15, -0.1) is 0 Å². The number of ether oxygens (including phenoxy) is 1. The molecule has 2 rings (SSSR count). The number of hydrogen-bond acceptors (Lipinski definition) is 3. The van der Waals surface area contributed by atoms with E-state index < -0.39 is 17.4 Å². The third kappa shape index (κ3) is 2.36. The molecule has 0 aromatic rings. The maximum absolute atomic E-state index is 11.6. The summed E-state index contributed by atoms with van der Waals surface area (Å²) in [5.41, 5.74) is -1.04. The van der Waals surface area contributed by atoms with Crippen LogP contribution in [-0.2, 0) is 9.53 Å². The average molecular weight is 242 g/mol. The van der Waals surface area contributed by atoms with Gasteiger partial charge in [0.25, 0.3) is 0 Å². The monoisotopic (exact) mass is 242 g/mol. The van der Waals surface area contributed by atoms with E-state index in [1.165, 1.54) is 0 Å². The molecule has 1 aliphatic heterocycles. The zero-order valence-electron chi connectivity index (χ0n) is 10.0. The fourth-order valence-corrected chi connectivity index (χ4v) is 1.98. The molecule has 0 bridgehead atoms. The van der Waals surface area contributed by atoms with Gasteiger partial charge in [-0.2, -0.15) is 0 Å². The lowest BCUT2D eigenvalue weighted by molar-refractivity contribution is -0.148. The van der Waals surface area contributed by atoms with Crippen LogP contribution in [0.25, 0.3) is 0 Å². The molecule has 3 N–H and O–H groups in total. The number of nitrogens with one attached hydrogen (secondary N) is 2. The van der Waals surface area contributed by atoms with Crippen molar-refractivity contribution in [3.05, 3.63) is 0 Å². The normalized spacial score (nSPS) is 39.8. The number of carboxylic acids is 1. The van der Waals surface area contributed by atoms with Crippen LogP contribution < -0.4 is 10.6 Å². The van der Waals surface area contributed by atoms with E-state index in [9.17, 15) is 9.59 Å². The van der Waals surface area contributed by atoms with E-state index in [0.29, 0.717) is 5.92 Å². The Hall–Kier alpha value is -1.30. The molecular formula is C11H18N2O4. The van der Waals surface area contributed by atoms with Crippen LogP contribution in [0.2, 0.25) is 0 Å². The van der Waals surface area contributed by atoms with Crippen LogP contribution in [0, 0.1) is 11.3 Å². The van der Waals surface area contributed by atoms with Crippen molar-refractivity contribution >= 4 is 12.0 Å². The molecule has 1 heterocycles. The van der Waals surface area contributed by atoms with E-state index in [2.05, 4.69) is 17.6 Å². The van der Waals surface area contributed by atoms with Crippen molar-refractivity contribution in [2.45, 2.75) is 32.4 Å². The van der Waals surface area contributed by atoms with Crippen LogP contribution in [0.3, 0.4) is 0 Å². The summed E-state index contributed by atoms with van der Waals surface area (Å²) >= 11 is 0. The van der Waals surface area contributed by atoms with Crippen molar-refractivity contribution < 1.29 is 19.4 Å². The van der Waals surface area contributed by atoms with Crippen LogP contribution in [0.5, 0.6) is 0 Å². The van der Waals surface area contributed by atoms with Crippen molar-refractivity contribution in [1.29, 1.82) is 0 Å². The van der Waals surface area contributed by atoms with E-state index in [1.807, 2.05) is 0 Å².